The van der Waals surface area contributed by atoms with Crippen LogP contribution in [0, 0.1) is 6.92 Å². The lowest BCUT2D eigenvalue weighted by molar-refractivity contribution is -0.116. The van der Waals surface area contributed by atoms with E-state index in [0.29, 0.717) is 12.1 Å². The first-order valence-corrected chi connectivity index (χ1v) is 5.79. The van der Waals surface area contributed by atoms with E-state index in [2.05, 4.69) is 12.2 Å². The van der Waals surface area contributed by atoms with Gasteiger partial charge in [-0.3, -0.25) is 4.79 Å². The molecule has 0 atom stereocenters. The standard InChI is InChI=1S/C13H20N2O/c1-3-4-5-6-13(16)15-12-9-10(2)7-8-11(12)14/h7-9H,3-6,14H2,1-2H3,(H,15,16). The second kappa shape index (κ2) is 6.16. The Hall–Kier alpha value is -1.51. The van der Waals surface area contributed by atoms with Gasteiger partial charge in [0.1, 0.15) is 0 Å². The van der Waals surface area contributed by atoms with Gasteiger partial charge in [-0.1, -0.05) is 25.8 Å². The number of nitrogens with one attached hydrogen (secondary N) is 1. The van der Waals surface area contributed by atoms with Crippen molar-refractivity contribution in [2.45, 2.75) is 39.5 Å². The highest BCUT2D eigenvalue weighted by Crippen LogP contribution is 2.19. The Bertz CT molecular complexity index is 361. The minimum absolute atomic E-state index is 0.0470. The molecule has 0 unspecified atom stereocenters. The van der Waals surface area contributed by atoms with Crippen LogP contribution in [-0.2, 0) is 4.79 Å². The number of carbonyl (C=O) groups is 1. The van der Waals surface area contributed by atoms with E-state index in [4.69, 9.17) is 5.73 Å². The Kier molecular flexibility index (Phi) is 4.83. The van der Waals surface area contributed by atoms with Gasteiger partial charge in [-0.05, 0) is 31.0 Å². The number of benzene rings is 1. The number of amides is 1. The summed E-state index contributed by atoms with van der Waals surface area (Å²) in [5.41, 5.74) is 8.22. The number of anilines is 2. The third kappa shape index (κ3) is 3.93. The lowest BCUT2D eigenvalue weighted by atomic mass is 10.1. The van der Waals surface area contributed by atoms with Gasteiger partial charge in [0.05, 0.1) is 11.4 Å². The lowest BCUT2D eigenvalue weighted by Crippen LogP contribution is -2.12. The van der Waals surface area contributed by atoms with Gasteiger partial charge in [0, 0.05) is 6.42 Å². The SMILES string of the molecule is CCCCCC(=O)Nc1cc(C)ccc1N. The van der Waals surface area contributed by atoms with Crippen molar-refractivity contribution in [3.63, 3.8) is 0 Å². The number of nitrogens with two attached hydrogens (primary N) is 1. The van der Waals surface area contributed by atoms with Crippen molar-refractivity contribution in [3.8, 4) is 0 Å². The minimum atomic E-state index is 0.0470. The van der Waals surface area contributed by atoms with E-state index in [1.54, 1.807) is 0 Å². The summed E-state index contributed by atoms with van der Waals surface area (Å²) in [5.74, 6) is 0.0470. The van der Waals surface area contributed by atoms with E-state index in [1.807, 2.05) is 25.1 Å². The van der Waals surface area contributed by atoms with Crippen LogP contribution in [0.15, 0.2) is 18.2 Å². The molecule has 0 aliphatic rings. The van der Waals surface area contributed by atoms with Gasteiger partial charge < -0.3 is 11.1 Å². The van der Waals surface area contributed by atoms with E-state index in [1.165, 1.54) is 0 Å². The summed E-state index contributed by atoms with van der Waals surface area (Å²) in [6, 6.07) is 5.64. The van der Waals surface area contributed by atoms with Crippen LogP contribution >= 0.6 is 0 Å². The Morgan fingerprint density at radius 3 is 2.81 bits per heavy atom. The second-order valence-corrected chi connectivity index (χ2v) is 4.10. The third-order valence-corrected chi connectivity index (χ3v) is 2.49. The predicted molar refractivity (Wildman–Crippen MR) is 68.4 cm³/mol. The second-order valence-electron chi connectivity index (χ2n) is 4.10. The molecule has 0 aliphatic carbocycles. The maximum Gasteiger partial charge on any atom is 0.224 e. The zero-order chi connectivity index (χ0) is 12.0. The summed E-state index contributed by atoms with van der Waals surface area (Å²) in [6.45, 7) is 4.10. The molecule has 3 N–H and O–H groups in total. The van der Waals surface area contributed by atoms with Gasteiger partial charge >= 0.3 is 0 Å². The number of hydrogen-bond acceptors (Lipinski definition) is 2. The third-order valence-electron chi connectivity index (χ3n) is 2.49. The van der Waals surface area contributed by atoms with Crippen molar-refractivity contribution in [1.82, 2.24) is 0 Å². The van der Waals surface area contributed by atoms with Crippen LogP contribution in [0.5, 0.6) is 0 Å². The number of rotatable bonds is 5. The van der Waals surface area contributed by atoms with Crippen LogP contribution in [0.25, 0.3) is 0 Å². The molecule has 0 spiro atoms. The molecule has 0 saturated carbocycles. The fourth-order valence-electron chi connectivity index (χ4n) is 1.53. The van der Waals surface area contributed by atoms with Gasteiger partial charge in [-0.25, -0.2) is 0 Å². The highest BCUT2D eigenvalue weighted by Gasteiger charge is 2.04. The molecule has 1 aromatic rings. The van der Waals surface area contributed by atoms with Gasteiger partial charge in [-0.15, -0.1) is 0 Å². The van der Waals surface area contributed by atoms with Crippen LogP contribution in [0.2, 0.25) is 0 Å². The highest BCUT2D eigenvalue weighted by molar-refractivity contribution is 5.93. The Labute approximate surface area is 97.0 Å². The molecule has 16 heavy (non-hydrogen) atoms. The molecule has 88 valence electrons. The van der Waals surface area contributed by atoms with Crippen molar-refractivity contribution < 1.29 is 4.79 Å². The molecule has 0 fully saturated rings. The smallest absolute Gasteiger partial charge is 0.224 e. The van der Waals surface area contributed by atoms with Crippen molar-refractivity contribution in [2.24, 2.45) is 0 Å². The van der Waals surface area contributed by atoms with Crippen molar-refractivity contribution in [2.75, 3.05) is 11.1 Å². The van der Waals surface area contributed by atoms with Crippen LogP contribution in [0.1, 0.15) is 38.2 Å². The average molecular weight is 220 g/mol. The van der Waals surface area contributed by atoms with Crippen LogP contribution < -0.4 is 11.1 Å². The first-order valence-electron chi connectivity index (χ1n) is 5.79. The van der Waals surface area contributed by atoms with Crippen molar-refractivity contribution >= 4 is 17.3 Å². The summed E-state index contributed by atoms with van der Waals surface area (Å²) < 4.78 is 0. The van der Waals surface area contributed by atoms with E-state index < -0.39 is 0 Å². The van der Waals surface area contributed by atoms with Crippen molar-refractivity contribution in [3.05, 3.63) is 23.8 Å². The average Bonchev–Trinajstić information content (AvgIpc) is 2.24. The first-order chi connectivity index (χ1) is 7.63. The molecule has 1 amide bonds. The fraction of sp³-hybridized carbons (Fsp3) is 0.462. The van der Waals surface area contributed by atoms with E-state index in [0.717, 1.165) is 30.5 Å². The summed E-state index contributed by atoms with van der Waals surface area (Å²) in [5, 5.41) is 2.85. The zero-order valence-corrected chi connectivity index (χ0v) is 10.0. The van der Waals surface area contributed by atoms with Gasteiger partial charge in [0.15, 0.2) is 0 Å². The zero-order valence-electron chi connectivity index (χ0n) is 10.0. The number of hydrogen-bond donors (Lipinski definition) is 2. The molecular weight excluding hydrogens is 200 g/mol. The molecule has 0 saturated heterocycles. The number of carbonyl (C=O) groups excluding carboxylic acids is 1. The maximum atomic E-state index is 11.6. The number of unbranched alkanes of at least 4 members (excludes halogenated alkanes) is 2. The van der Waals surface area contributed by atoms with Crippen LogP contribution in [0.4, 0.5) is 11.4 Å². The Morgan fingerprint density at radius 2 is 2.12 bits per heavy atom. The molecular formula is C13H20N2O. The molecule has 0 aromatic heterocycles. The highest BCUT2D eigenvalue weighted by atomic mass is 16.1. The molecule has 3 nitrogen and oxygen atoms in total. The largest absolute Gasteiger partial charge is 0.397 e. The molecule has 0 heterocycles. The quantitative estimate of drug-likeness (QED) is 0.591. The van der Waals surface area contributed by atoms with E-state index >= 15 is 0 Å². The normalized spacial score (nSPS) is 10.1. The minimum Gasteiger partial charge on any atom is -0.397 e. The predicted octanol–water partition coefficient (Wildman–Crippen LogP) is 3.10. The molecule has 1 aromatic carbocycles. The Balaban J connectivity index is 2.52. The van der Waals surface area contributed by atoms with Crippen LogP contribution in [0.3, 0.4) is 0 Å². The van der Waals surface area contributed by atoms with Gasteiger partial charge in [-0.2, -0.15) is 0 Å². The lowest BCUT2D eigenvalue weighted by Gasteiger charge is -2.08. The number of aryl methyl sites for hydroxylation is 1. The van der Waals surface area contributed by atoms with Crippen LogP contribution in [-0.4, -0.2) is 5.91 Å². The Morgan fingerprint density at radius 1 is 1.38 bits per heavy atom. The fourth-order valence-corrected chi connectivity index (χ4v) is 1.53. The summed E-state index contributed by atoms with van der Waals surface area (Å²) >= 11 is 0. The van der Waals surface area contributed by atoms with E-state index in [-0.39, 0.29) is 5.91 Å². The van der Waals surface area contributed by atoms with Gasteiger partial charge in [0.25, 0.3) is 0 Å². The monoisotopic (exact) mass is 220 g/mol. The molecule has 1 rings (SSSR count). The topological polar surface area (TPSA) is 55.1 Å². The first kappa shape index (κ1) is 12.6. The summed E-state index contributed by atoms with van der Waals surface area (Å²) in [4.78, 5) is 11.6. The summed E-state index contributed by atoms with van der Waals surface area (Å²) in [7, 11) is 0. The van der Waals surface area contributed by atoms with Gasteiger partial charge in [0.2, 0.25) is 5.91 Å². The molecule has 0 aliphatic heterocycles. The maximum absolute atomic E-state index is 11.6. The number of nitrogen functional groups attached to an aromatic ring is 1. The van der Waals surface area contributed by atoms with Crippen molar-refractivity contribution in [1.29, 1.82) is 0 Å². The molecule has 0 bridgehead atoms. The summed E-state index contributed by atoms with van der Waals surface area (Å²) in [6.07, 6.45) is 3.73. The van der Waals surface area contributed by atoms with E-state index in [9.17, 15) is 4.79 Å². The molecule has 0 radical (unpaired) electrons. The molecule has 3 heteroatoms.